The molecule has 1 N–H and O–H groups in total. The molecule has 1 rings (SSSR count). The Morgan fingerprint density at radius 3 is 2.80 bits per heavy atom. The van der Waals surface area contributed by atoms with Gasteiger partial charge in [0.25, 0.3) is 0 Å². The number of nitrogens with one attached hydrogen (secondary N) is 1. The van der Waals surface area contributed by atoms with Gasteiger partial charge in [-0.15, -0.1) is 0 Å². The van der Waals surface area contributed by atoms with E-state index in [4.69, 9.17) is 0 Å². The SMILES string of the molecule is CCCNCC(CC)Cc1ccn(C)n1. The van der Waals surface area contributed by atoms with Crippen molar-refractivity contribution in [1.82, 2.24) is 15.1 Å². The van der Waals surface area contributed by atoms with Crippen molar-refractivity contribution < 1.29 is 0 Å². The van der Waals surface area contributed by atoms with Crippen LogP contribution in [0.15, 0.2) is 12.3 Å². The molecule has 0 saturated heterocycles. The summed E-state index contributed by atoms with van der Waals surface area (Å²) in [4.78, 5) is 0. The molecular weight excluding hydrogens is 186 g/mol. The Morgan fingerprint density at radius 1 is 1.47 bits per heavy atom. The molecule has 0 aromatic carbocycles. The Hall–Kier alpha value is -0.830. The van der Waals surface area contributed by atoms with Crippen molar-refractivity contribution in [3.63, 3.8) is 0 Å². The molecule has 86 valence electrons. The highest BCUT2D eigenvalue weighted by atomic mass is 15.2. The number of hydrogen-bond donors (Lipinski definition) is 1. The first-order chi connectivity index (χ1) is 7.26. The summed E-state index contributed by atoms with van der Waals surface area (Å²) in [5.41, 5.74) is 1.21. The summed E-state index contributed by atoms with van der Waals surface area (Å²) in [6.07, 6.45) is 5.53. The summed E-state index contributed by atoms with van der Waals surface area (Å²) in [5.74, 6) is 0.714. The molecule has 1 atom stereocenters. The van der Waals surface area contributed by atoms with Crippen LogP contribution in [0.1, 0.15) is 32.4 Å². The van der Waals surface area contributed by atoms with Gasteiger partial charge in [-0.25, -0.2) is 0 Å². The number of hydrogen-bond acceptors (Lipinski definition) is 2. The molecule has 0 aliphatic carbocycles. The number of rotatable bonds is 7. The third-order valence-electron chi connectivity index (χ3n) is 2.70. The molecule has 1 heterocycles. The average molecular weight is 209 g/mol. The molecule has 0 fully saturated rings. The predicted molar refractivity (Wildman–Crippen MR) is 63.9 cm³/mol. The summed E-state index contributed by atoms with van der Waals surface area (Å²) in [7, 11) is 1.97. The van der Waals surface area contributed by atoms with E-state index in [1.807, 2.05) is 17.9 Å². The van der Waals surface area contributed by atoms with E-state index in [1.54, 1.807) is 0 Å². The van der Waals surface area contributed by atoms with E-state index in [2.05, 4.69) is 30.3 Å². The van der Waals surface area contributed by atoms with Crippen LogP contribution in [0.3, 0.4) is 0 Å². The van der Waals surface area contributed by atoms with Crippen LogP contribution in [0.4, 0.5) is 0 Å². The second kappa shape index (κ2) is 6.62. The van der Waals surface area contributed by atoms with Crippen LogP contribution in [-0.2, 0) is 13.5 Å². The predicted octanol–water partition coefficient (Wildman–Crippen LogP) is 1.99. The Balaban J connectivity index is 2.33. The van der Waals surface area contributed by atoms with Crippen LogP contribution in [0.25, 0.3) is 0 Å². The lowest BCUT2D eigenvalue weighted by Gasteiger charge is -2.13. The van der Waals surface area contributed by atoms with Gasteiger partial charge in [0.2, 0.25) is 0 Å². The third-order valence-corrected chi connectivity index (χ3v) is 2.70. The molecule has 0 bridgehead atoms. The van der Waals surface area contributed by atoms with Gasteiger partial charge in [0.05, 0.1) is 5.69 Å². The summed E-state index contributed by atoms with van der Waals surface area (Å²) in [6.45, 7) is 6.69. The molecule has 0 aliphatic rings. The first-order valence-electron chi connectivity index (χ1n) is 5.95. The van der Waals surface area contributed by atoms with Gasteiger partial charge in [-0.2, -0.15) is 5.10 Å². The molecule has 1 unspecified atom stereocenters. The van der Waals surface area contributed by atoms with E-state index in [-0.39, 0.29) is 0 Å². The molecule has 1 aromatic rings. The van der Waals surface area contributed by atoms with Crippen molar-refractivity contribution in [3.8, 4) is 0 Å². The van der Waals surface area contributed by atoms with Crippen molar-refractivity contribution >= 4 is 0 Å². The van der Waals surface area contributed by atoms with Gasteiger partial charge in [-0.05, 0) is 37.9 Å². The summed E-state index contributed by atoms with van der Waals surface area (Å²) in [5, 5.41) is 7.89. The first kappa shape index (κ1) is 12.2. The van der Waals surface area contributed by atoms with Gasteiger partial charge in [-0.1, -0.05) is 20.3 Å². The largest absolute Gasteiger partial charge is 0.316 e. The van der Waals surface area contributed by atoms with Gasteiger partial charge in [-0.3, -0.25) is 4.68 Å². The quantitative estimate of drug-likeness (QED) is 0.696. The standard InChI is InChI=1S/C12H23N3/c1-4-7-13-10-11(5-2)9-12-6-8-15(3)14-12/h6,8,11,13H,4-5,7,9-10H2,1-3H3. The Morgan fingerprint density at radius 2 is 2.27 bits per heavy atom. The second-order valence-electron chi connectivity index (χ2n) is 4.16. The summed E-state index contributed by atoms with van der Waals surface area (Å²) in [6, 6.07) is 2.11. The van der Waals surface area contributed by atoms with Crippen molar-refractivity contribution in [2.75, 3.05) is 13.1 Å². The van der Waals surface area contributed by atoms with Gasteiger partial charge in [0.15, 0.2) is 0 Å². The van der Waals surface area contributed by atoms with Gasteiger partial charge < -0.3 is 5.32 Å². The Bertz CT molecular complexity index is 268. The van der Waals surface area contributed by atoms with E-state index >= 15 is 0 Å². The van der Waals surface area contributed by atoms with E-state index in [0.29, 0.717) is 5.92 Å². The minimum atomic E-state index is 0.714. The second-order valence-corrected chi connectivity index (χ2v) is 4.16. The molecule has 3 heteroatoms. The maximum absolute atomic E-state index is 4.42. The van der Waals surface area contributed by atoms with E-state index in [9.17, 15) is 0 Å². The maximum Gasteiger partial charge on any atom is 0.0627 e. The minimum absolute atomic E-state index is 0.714. The Kier molecular flexibility index (Phi) is 5.40. The number of nitrogens with zero attached hydrogens (tertiary/aromatic N) is 2. The fourth-order valence-corrected chi connectivity index (χ4v) is 1.71. The molecule has 15 heavy (non-hydrogen) atoms. The zero-order valence-electron chi connectivity index (χ0n) is 10.2. The normalized spacial score (nSPS) is 13.0. The highest BCUT2D eigenvalue weighted by Gasteiger charge is 2.08. The fraction of sp³-hybridized carbons (Fsp3) is 0.750. The Labute approximate surface area is 92.9 Å². The van der Waals surface area contributed by atoms with Crippen LogP contribution in [-0.4, -0.2) is 22.9 Å². The maximum atomic E-state index is 4.42. The van der Waals surface area contributed by atoms with E-state index in [0.717, 1.165) is 19.5 Å². The minimum Gasteiger partial charge on any atom is -0.316 e. The van der Waals surface area contributed by atoms with Crippen LogP contribution in [0.5, 0.6) is 0 Å². The van der Waals surface area contributed by atoms with Gasteiger partial charge >= 0.3 is 0 Å². The average Bonchev–Trinajstić information content (AvgIpc) is 2.63. The van der Waals surface area contributed by atoms with Crippen molar-refractivity contribution in [2.24, 2.45) is 13.0 Å². The molecule has 3 nitrogen and oxygen atoms in total. The van der Waals surface area contributed by atoms with Crippen molar-refractivity contribution in [2.45, 2.75) is 33.1 Å². The molecule has 0 amide bonds. The zero-order chi connectivity index (χ0) is 11.1. The molecular formula is C12H23N3. The highest BCUT2D eigenvalue weighted by molar-refractivity contribution is 5.00. The van der Waals surface area contributed by atoms with Crippen molar-refractivity contribution in [1.29, 1.82) is 0 Å². The lowest BCUT2D eigenvalue weighted by molar-refractivity contribution is 0.454. The molecule has 0 aliphatic heterocycles. The molecule has 1 aromatic heterocycles. The monoisotopic (exact) mass is 209 g/mol. The third kappa shape index (κ3) is 4.47. The lowest BCUT2D eigenvalue weighted by atomic mass is 10.0. The zero-order valence-corrected chi connectivity index (χ0v) is 10.2. The van der Waals surface area contributed by atoms with E-state index < -0.39 is 0 Å². The highest BCUT2D eigenvalue weighted by Crippen LogP contribution is 2.09. The molecule has 0 spiro atoms. The van der Waals surface area contributed by atoms with Crippen LogP contribution >= 0.6 is 0 Å². The van der Waals surface area contributed by atoms with Crippen LogP contribution < -0.4 is 5.32 Å². The topological polar surface area (TPSA) is 29.9 Å². The van der Waals surface area contributed by atoms with Gasteiger partial charge in [0, 0.05) is 13.2 Å². The van der Waals surface area contributed by atoms with Crippen LogP contribution in [0, 0.1) is 5.92 Å². The molecule has 0 radical (unpaired) electrons. The number of aryl methyl sites for hydroxylation is 1. The van der Waals surface area contributed by atoms with Crippen molar-refractivity contribution in [3.05, 3.63) is 18.0 Å². The van der Waals surface area contributed by atoms with Crippen LogP contribution in [0.2, 0.25) is 0 Å². The van der Waals surface area contributed by atoms with E-state index in [1.165, 1.54) is 18.5 Å². The smallest absolute Gasteiger partial charge is 0.0627 e. The lowest BCUT2D eigenvalue weighted by Crippen LogP contribution is -2.24. The fourth-order valence-electron chi connectivity index (χ4n) is 1.71. The molecule has 0 saturated carbocycles. The first-order valence-corrected chi connectivity index (χ1v) is 5.95. The summed E-state index contributed by atoms with van der Waals surface area (Å²) >= 11 is 0. The number of aromatic nitrogens is 2. The summed E-state index contributed by atoms with van der Waals surface area (Å²) < 4.78 is 1.88. The van der Waals surface area contributed by atoms with Gasteiger partial charge in [0.1, 0.15) is 0 Å².